The van der Waals surface area contributed by atoms with Gasteiger partial charge in [-0.2, -0.15) is 0 Å². The van der Waals surface area contributed by atoms with Crippen LogP contribution in [0.4, 0.5) is 0 Å². The third kappa shape index (κ3) is 3.63. The van der Waals surface area contributed by atoms with Crippen molar-refractivity contribution in [2.45, 2.75) is 24.8 Å². The highest BCUT2D eigenvalue weighted by atomic mass is 32.2. The largest absolute Gasteiger partial charge is 0.345 e. The molecule has 21 heavy (non-hydrogen) atoms. The van der Waals surface area contributed by atoms with Gasteiger partial charge in [-0.1, -0.05) is 16.6 Å². The van der Waals surface area contributed by atoms with Gasteiger partial charge in [-0.25, -0.2) is 13.6 Å². The van der Waals surface area contributed by atoms with Gasteiger partial charge in [-0.05, 0) is 43.1 Å². The Kier molecular flexibility index (Phi) is 4.35. The molecule has 112 valence electrons. The smallest absolute Gasteiger partial charge is 0.265 e. The number of rotatable bonds is 4. The molecule has 3 N–H and O–H groups in total. The van der Waals surface area contributed by atoms with E-state index in [1.54, 1.807) is 26.0 Å². The Morgan fingerprint density at radius 1 is 1.33 bits per heavy atom. The van der Waals surface area contributed by atoms with Crippen molar-refractivity contribution in [1.29, 1.82) is 0 Å². The third-order valence-corrected chi connectivity index (χ3v) is 4.67. The van der Waals surface area contributed by atoms with Crippen LogP contribution in [0, 0.1) is 6.92 Å². The second kappa shape index (κ2) is 5.88. The lowest BCUT2D eigenvalue weighted by molar-refractivity contribution is 0.0943. The van der Waals surface area contributed by atoms with E-state index in [9.17, 15) is 13.2 Å². The van der Waals surface area contributed by atoms with Crippen LogP contribution in [0.1, 0.15) is 33.9 Å². The summed E-state index contributed by atoms with van der Waals surface area (Å²) in [5, 5.41) is 11.6. The minimum atomic E-state index is -3.71. The molecule has 1 aromatic carbocycles. The summed E-state index contributed by atoms with van der Waals surface area (Å²) in [7, 11) is -3.71. The first kappa shape index (κ1) is 15.5. The summed E-state index contributed by atoms with van der Waals surface area (Å²) >= 11 is 1.03. The number of carbonyl (C=O) groups is 1. The second-order valence-corrected chi connectivity index (χ2v) is 6.81. The maximum atomic E-state index is 12.0. The molecule has 0 aliphatic rings. The molecular weight excluding hydrogens is 312 g/mol. The molecule has 0 fully saturated rings. The normalized spacial score (nSPS) is 12.9. The van der Waals surface area contributed by atoms with Crippen molar-refractivity contribution >= 4 is 27.5 Å². The van der Waals surface area contributed by atoms with Gasteiger partial charge in [0.05, 0.1) is 16.6 Å². The summed E-state index contributed by atoms with van der Waals surface area (Å²) in [6, 6.07) is 5.76. The van der Waals surface area contributed by atoms with Crippen LogP contribution < -0.4 is 10.5 Å². The van der Waals surface area contributed by atoms with Crippen LogP contribution in [-0.4, -0.2) is 23.9 Å². The number of nitrogens with zero attached hydrogens (tertiary/aromatic N) is 2. The number of hydrogen-bond donors (Lipinski definition) is 2. The molecule has 7 nitrogen and oxygen atoms in total. The molecule has 0 bridgehead atoms. The van der Waals surface area contributed by atoms with Crippen LogP contribution in [-0.2, 0) is 10.0 Å². The number of primary sulfonamides is 1. The van der Waals surface area contributed by atoms with E-state index < -0.39 is 10.0 Å². The van der Waals surface area contributed by atoms with Gasteiger partial charge in [0, 0.05) is 0 Å². The number of carbonyl (C=O) groups excluding carboxylic acids is 1. The van der Waals surface area contributed by atoms with E-state index in [-0.39, 0.29) is 16.8 Å². The Morgan fingerprint density at radius 2 is 1.95 bits per heavy atom. The molecule has 1 amide bonds. The molecule has 0 aliphatic heterocycles. The van der Waals surface area contributed by atoms with Crippen LogP contribution in [0.5, 0.6) is 0 Å². The molecule has 9 heteroatoms. The molecule has 0 aliphatic carbocycles. The standard InChI is InChI=1S/C12H14N4O3S2/c1-7(14-12(17)11-8(2)15-16-20-11)9-3-5-10(6-4-9)21(13,18)19/h3-7H,1-2H3,(H,14,17)(H2,13,18,19). The first-order chi connectivity index (χ1) is 9.79. The zero-order valence-corrected chi connectivity index (χ0v) is 13.0. The molecule has 1 atom stereocenters. The maximum absolute atomic E-state index is 12.0. The number of aryl methyl sites for hydroxylation is 1. The number of nitrogens with two attached hydrogens (primary N) is 1. The Balaban J connectivity index is 2.12. The number of hydrogen-bond acceptors (Lipinski definition) is 6. The monoisotopic (exact) mass is 326 g/mol. The highest BCUT2D eigenvalue weighted by molar-refractivity contribution is 7.89. The molecule has 1 heterocycles. The SMILES string of the molecule is Cc1nnsc1C(=O)NC(C)c1ccc(S(N)(=O)=O)cc1. The van der Waals surface area contributed by atoms with E-state index in [4.69, 9.17) is 5.14 Å². The zero-order chi connectivity index (χ0) is 15.6. The summed E-state index contributed by atoms with van der Waals surface area (Å²) in [5.74, 6) is -0.259. The Morgan fingerprint density at radius 3 is 2.43 bits per heavy atom. The highest BCUT2D eigenvalue weighted by Gasteiger charge is 2.17. The summed E-state index contributed by atoms with van der Waals surface area (Å²) in [4.78, 5) is 12.5. The minimum absolute atomic E-state index is 0.0345. The lowest BCUT2D eigenvalue weighted by atomic mass is 10.1. The van der Waals surface area contributed by atoms with Gasteiger partial charge >= 0.3 is 0 Å². The molecule has 0 spiro atoms. The molecule has 0 radical (unpaired) electrons. The molecule has 2 aromatic rings. The summed E-state index contributed by atoms with van der Waals surface area (Å²) < 4.78 is 26.1. The minimum Gasteiger partial charge on any atom is -0.345 e. The van der Waals surface area contributed by atoms with Gasteiger partial charge in [-0.3, -0.25) is 4.79 Å². The fraction of sp³-hybridized carbons (Fsp3) is 0.250. The molecule has 0 saturated carbocycles. The zero-order valence-electron chi connectivity index (χ0n) is 11.4. The van der Waals surface area contributed by atoms with Gasteiger partial charge in [0.25, 0.3) is 5.91 Å². The van der Waals surface area contributed by atoms with Crippen LogP contribution in [0.2, 0.25) is 0 Å². The third-order valence-electron chi connectivity index (χ3n) is 2.91. The van der Waals surface area contributed by atoms with Crippen LogP contribution in [0.15, 0.2) is 29.2 Å². The topological polar surface area (TPSA) is 115 Å². The Bertz CT molecular complexity index is 753. The number of amides is 1. The number of aromatic nitrogens is 2. The van der Waals surface area contributed by atoms with Crippen molar-refractivity contribution in [3.05, 3.63) is 40.4 Å². The van der Waals surface area contributed by atoms with Gasteiger partial charge in [-0.15, -0.1) is 5.10 Å². The van der Waals surface area contributed by atoms with Crippen LogP contribution >= 0.6 is 11.5 Å². The van der Waals surface area contributed by atoms with E-state index >= 15 is 0 Å². The average Bonchev–Trinajstić information content (AvgIpc) is 2.84. The van der Waals surface area contributed by atoms with Crippen molar-refractivity contribution in [3.8, 4) is 0 Å². The van der Waals surface area contributed by atoms with Crippen molar-refractivity contribution < 1.29 is 13.2 Å². The number of benzene rings is 1. The summed E-state index contributed by atoms with van der Waals surface area (Å²) in [6.45, 7) is 3.51. The van der Waals surface area contributed by atoms with Gasteiger partial charge in [0.2, 0.25) is 10.0 Å². The fourth-order valence-electron chi connectivity index (χ4n) is 1.73. The van der Waals surface area contributed by atoms with Crippen molar-refractivity contribution in [3.63, 3.8) is 0 Å². The van der Waals surface area contributed by atoms with E-state index in [1.807, 2.05) is 0 Å². The summed E-state index contributed by atoms with van der Waals surface area (Å²) in [6.07, 6.45) is 0. The lowest BCUT2D eigenvalue weighted by Gasteiger charge is -2.14. The lowest BCUT2D eigenvalue weighted by Crippen LogP contribution is -2.26. The predicted molar refractivity (Wildman–Crippen MR) is 78.3 cm³/mol. The van der Waals surface area contributed by atoms with Crippen LogP contribution in [0.25, 0.3) is 0 Å². The second-order valence-electron chi connectivity index (χ2n) is 4.50. The van der Waals surface area contributed by atoms with Gasteiger partial charge < -0.3 is 5.32 Å². The van der Waals surface area contributed by atoms with Gasteiger partial charge in [0.1, 0.15) is 4.88 Å². The molecular formula is C12H14N4O3S2. The fourth-order valence-corrected chi connectivity index (χ4v) is 2.81. The molecule has 1 unspecified atom stereocenters. The maximum Gasteiger partial charge on any atom is 0.265 e. The van der Waals surface area contributed by atoms with Gasteiger partial charge in [0.15, 0.2) is 0 Å². The first-order valence-corrected chi connectivity index (χ1v) is 8.33. The molecule has 2 rings (SSSR count). The number of sulfonamides is 1. The average molecular weight is 326 g/mol. The Labute approximate surface area is 126 Å². The molecule has 1 aromatic heterocycles. The quantitative estimate of drug-likeness (QED) is 0.869. The van der Waals surface area contributed by atoms with E-state index in [1.165, 1.54) is 12.1 Å². The summed E-state index contributed by atoms with van der Waals surface area (Å²) in [5.41, 5.74) is 1.35. The molecule has 0 saturated heterocycles. The van der Waals surface area contributed by atoms with Crippen LogP contribution in [0.3, 0.4) is 0 Å². The van der Waals surface area contributed by atoms with E-state index in [0.717, 1.165) is 17.1 Å². The predicted octanol–water partition coefficient (Wildman–Crippen LogP) is 0.985. The number of nitrogens with one attached hydrogen (secondary N) is 1. The van der Waals surface area contributed by atoms with E-state index in [2.05, 4.69) is 14.9 Å². The highest BCUT2D eigenvalue weighted by Crippen LogP contribution is 2.17. The van der Waals surface area contributed by atoms with Crippen molar-refractivity contribution in [1.82, 2.24) is 14.9 Å². The Hall–Kier alpha value is -1.84. The van der Waals surface area contributed by atoms with Crippen molar-refractivity contribution in [2.24, 2.45) is 5.14 Å². The van der Waals surface area contributed by atoms with E-state index in [0.29, 0.717) is 10.6 Å². The first-order valence-electron chi connectivity index (χ1n) is 6.01. The van der Waals surface area contributed by atoms with Crippen molar-refractivity contribution in [2.75, 3.05) is 0 Å².